The number of Topliss-reactive ketones (excluding diaryl/α,β-unsaturated/α-hetero) is 2. The first-order valence-electron chi connectivity index (χ1n) is 15.6. The molecule has 3 rings (SSSR count). The maximum Gasteiger partial charge on any atom is 0.338 e. The van der Waals surface area contributed by atoms with Gasteiger partial charge in [-0.25, -0.2) is 4.79 Å². The van der Waals surface area contributed by atoms with Gasteiger partial charge < -0.3 is 29.0 Å². The number of aliphatic hydroxyl groups is 1. The summed E-state index contributed by atoms with van der Waals surface area (Å²) in [4.78, 5) is 55.1. The predicted molar refractivity (Wildman–Crippen MR) is 164 cm³/mol. The molecule has 0 radical (unpaired) electrons. The molecule has 0 amide bonds. The third-order valence-electron chi connectivity index (χ3n) is 8.79. The number of hydrogen-bond acceptors (Lipinski definition) is 10. The van der Waals surface area contributed by atoms with Crippen molar-refractivity contribution in [1.82, 2.24) is 4.90 Å². The molecule has 0 aromatic heterocycles. The van der Waals surface area contributed by atoms with Gasteiger partial charge in [-0.2, -0.15) is 0 Å². The van der Waals surface area contributed by atoms with Crippen LogP contribution in [0.2, 0.25) is 0 Å². The fourth-order valence-corrected chi connectivity index (χ4v) is 5.86. The molecule has 0 spiro atoms. The average Bonchev–Trinajstić information content (AvgIpc) is 3.00. The lowest BCUT2D eigenvalue weighted by Gasteiger charge is -2.44. The molecule has 1 aromatic carbocycles. The Balaban J connectivity index is 1.96. The van der Waals surface area contributed by atoms with Crippen LogP contribution < -0.4 is 0 Å². The third kappa shape index (κ3) is 8.84. The van der Waals surface area contributed by atoms with Crippen molar-refractivity contribution >= 4 is 23.5 Å². The summed E-state index contributed by atoms with van der Waals surface area (Å²) in [5.41, 5.74) is 0.764. The number of nitrogens with zero attached hydrogens (tertiary/aromatic N) is 1. The average molecular weight is 616 g/mol. The van der Waals surface area contributed by atoms with E-state index in [2.05, 4.69) is 0 Å². The van der Waals surface area contributed by atoms with Crippen molar-refractivity contribution in [3.8, 4) is 0 Å². The molecular formula is C34H49NO9. The highest BCUT2D eigenvalue weighted by Crippen LogP contribution is 2.32. The van der Waals surface area contributed by atoms with Crippen LogP contribution in [-0.4, -0.2) is 90.5 Å². The second-order valence-corrected chi connectivity index (χ2v) is 12.5. The molecule has 1 aromatic rings. The first kappa shape index (κ1) is 35.6. The molecule has 10 atom stereocenters. The number of benzene rings is 1. The van der Waals surface area contributed by atoms with Crippen molar-refractivity contribution in [3.05, 3.63) is 47.5 Å². The number of rotatable bonds is 6. The molecule has 2 aliphatic rings. The second kappa shape index (κ2) is 15.9. The summed E-state index contributed by atoms with van der Waals surface area (Å²) in [6, 6.07) is 8.43. The minimum absolute atomic E-state index is 0.154. The van der Waals surface area contributed by atoms with Gasteiger partial charge in [0.1, 0.15) is 18.1 Å². The van der Waals surface area contributed by atoms with E-state index in [9.17, 15) is 24.3 Å². The summed E-state index contributed by atoms with van der Waals surface area (Å²) in [6.45, 7) is 10.3. The van der Waals surface area contributed by atoms with E-state index < -0.39 is 66.2 Å². The summed E-state index contributed by atoms with van der Waals surface area (Å²) in [6.07, 6.45) is -1.91. The van der Waals surface area contributed by atoms with Crippen LogP contribution in [0.15, 0.2) is 42.0 Å². The first-order chi connectivity index (χ1) is 20.7. The van der Waals surface area contributed by atoms with Gasteiger partial charge in [0.15, 0.2) is 24.0 Å². The molecule has 0 bridgehead atoms. The highest BCUT2D eigenvalue weighted by atomic mass is 16.7. The Bertz CT molecular complexity index is 1180. The second-order valence-electron chi connectivity index (χ2n) is 12.5. The summed E-state index contributed by atoms with van der Waals surface area (Å²) in [5.74, 6) is -4.14. The summed E-state index contributed by atoms with van der Waals surface area (Å²) >= 11 is 0. The van der Waals surface area contributed by atoms with Gasteiger partial charge in [0, 0.05) is 11.8 Å². The fourth-order valence-electron chi connectivity index (χ4n) is 5.86. The number of aliphatic hydroxyl groups excluding tert-OH is 1. The van der Waals surface area contributed by atoms with Gasteiger partial charge in [0.25, 0.3) is 0 Å². The number of cyclic esters (lactones) is 1. The van der Waals surface area contributed by atoms with E-state index in [0.717, 1.165) is 0 Å². The van der Waals surface area contributed by atoms with Crippen LogP contribution in [0.25, 0.3) is 0 Å². The minimum Gasteiger partial charge on any atom is -0.459 e. The molecule has 7 unspecified atom stereocenters. The van der Waals surface area contributed by atoms with Crippen LogP contribution in [0.3, 0.4) is 0 Å². The van der Waals surface area contributed by atoms with Crippen LogP contribution in [0, 0.1) is 17.8 Å². The van der Waals surface area contributed by atoms with Gasteiger partial charge in [0.05, 0.1) is 23.8 Å². The standard InChI is InChI=1S/C34H49NO9/c1-9-27-26(36)17-20(3)29(37)19(2)15-16-28(22(5)30(38)23(6)32(39)42-27)43-34-31(25(35(7)8)18-21(4)41-34)44-33(40)24-13-11-10-12-14-24/h10-14,17,19,21-23,25-28,31,34,36H,9,15-16,18H2,1-8H3/b20-17+/t19-,21?,22?,23?,25?,26?,27?,28+,31-,34?/m1/s1. The Kier molecular flexibility index (Phi) is 12.8. The van der Waals surface area contributed by atoms with Crippen molar-refractivity contribution in [2.45, 2.75) is 110 Å². The van der Waals surface area contributed by atoms with Gasteiger partial charge in [-0.1, -0.05) is 39.0 Å². The molecular weight excluding hydrogens is 566 g/mol. The SMILES string of the molecule is CCC1OC(=O)C(C)C(=O)C(C)[C@@H](OC2OC(C)CC(N(C)C)[C@H]2OC(=O)c2ccccc2)CC[C@@H](C)C(=O)/C(C)=C/C1O. The van der Waals surface area contributed by atoms with Crippen molar-refractivity contribution in [2.75, 3.05) is 14.1 Å². The number of carbonyl (C=O) groups excluding carboxylic acids is 4. The Morgan fingerprint density at radius 2 is 1.70 bits per heavy atom. The molecule has 0 aliphatic carbocycles. The van der Waals surface area contributed by atoms with E-state index >= 15 is 0 Å². The Morgan fingerprint density at radius 1 is 1.05 bits per heavy atom. The summed E-state index contributed by atoms with van der Waals surface area (Å²) < 4.78 is 24.4. The molecule has 0 saturated carbocycles. The smallest absolute Gasteiger partial charge is 0.338 e. The maximum absolute atomic E-state index is 13.7. The Hall–Kier alpha value is -2.92. The molecule has 244 valence electrons. The molecule has 2 aliphatic heterocycles. The normalized spacial score (nSPS) is 35.8. The molecule has 10 heteroatoms. The lowest BCUT2D eigenvalue weighted by atomic mass is 9.85. The van der Waals surface area contributed by atoms with E-state index in [4.69, 9.17) is 18.9 Å². The Morgan fingerprint density at radius 3 is 2.32 bits per heavy atom. The molecule has 1 saturated heterocycles. The zero-order valence-corrected chi connectivity index (χ0v) is 27.2. The van der Waals surface area contributed by atoms with Crippen LogP contribution in [0.5, 0.6) is 0 Å². The van der Waals surface area contributed by atoms with Crippen LogP contribution in [0.1, 0.15) is 77.6 Å². The number of carbonyl (C=O) groups is 4. The van der Waals surface area contributed by atoms with Gasteiger partial charge in [-0.3, -0.25) is 14.4 Å². The lowest BCUT2D eigenvalue weighted by Crippen LogP contribution is -2.57. The van der Waals surface area contributed by atoms with Crippen LogP contribution in [0.4, 0.5) is 0 Å². The van der Waals surface area contributed by atoms with Crippen LogP contribution in [-0.2, 0) is 33.3 Å². The molecule has 10 nitrogen and oxygen atoms in total. The van der Waals surface area contributed by atoms with E-state index in [1.807, 2.05) is 32.0 Å². The fraction of sp³-hybridized carbons (Fsp3) is 0.647. The first-order valence-corrected chi connectivity index (χ1v) is 15.6. The number of ketones is 2. The van der Waals surface area contributed by atoms with E-state index in [-0.39, 0.29) is 17.9 Å². The van der Waals surface area contributed by atoms with Crippen molar-refractivity contribution < 1.29 is 43.2 Å². The summed E-state index contributed by atoms with van der Waals surface area (Å²) in [5, 5.41) is 10.7. The van der Waals surface area contributed by atoms with Gasteiger partial charge in [-0.15, -0.1) is 0 Å². The van der Waals surface area contributed by atoms with Crippen molar-refractivity contribution in [3.63, 3.8) is 0 Å². The third-order valence-corrected chi connectivity index (χ3v) is 8.79. The van der Waals surface area contributed by atoms with Gasteiger partial charge >= 0.3 is 11.9 Å². The van der Waals surface area contributed by atoms with Crippen molar-refractivity contribution in [2.24, 2.45) is 17.8 Å². The van der Waals surface area contributed by atoms with Gasteiger partial charge in [0.2, 0.25) is 0 Å². The van der Waals surface area contributed by atoms with Crippen LogP contribution >= 0.6 is 0 Å². The molecule has 2 heterocycles. The minimum atomic E-state index is -1.18. The van der Waals surface area contributed by atoms with E-state index in [1.165, 1.54) is 13.0 Å². The predicted octanol–water partition coefficient (Wildman–Crippen LogP) is 4.13. The monoisotopic (exact) mass is 615 g/mol. The van der Waals surface area contributed by atoms with Crippen molar-refractivity contribution in [1.29, 1.82) is 0 Å². The highest BCUT2D eigenvalue weighted by Gasteiger charge is 2.45. The molecule has 1 N–H and O–H groups in total. The number of hydrogen-bond donors (Lipinski definition) is 1. The largest absolute Gasteiger partial charge is 0.459 e. The van der Waals surface area contributed by atoms with Gasteiger partial charge in [-0.05, 0) is 84.3 Å². The molecule has 1 fully saturated rings. The number of likely N-dealkylation sites (N-methyl/N-ethyl adjacent to an activating group) is 1. The van der Waals surface area contributed by atoms with E-state index in [0.29, 0.717) is 36.8 Å². The maximum atomic E-state index is 13.7. The number of esters is 2. The number of allylic oxidation sites excluding steroid dienone is 1. The highest BCUT2D eigenvalue weighted by molar-refractivity contribution is 6.00. The zero-order valence-electron chi connectivity index (χ0n) is 27.2. The number of ether oxygens (including phenoxy) is 4. The Labute approximate surface area is 261 Å². The molecule has 44 heavy (non-hydrogen) atoms. The lowest BCUT2D eigenvalue weighted by molar-refractivity contribution is -0.272. The zero-order chi connectivity index (χ0) is 32.7. The topological polar surface area (TPSA) is 129 Å². The summed E-state index contributed by atoms with van der Waals surface area (Å²) in [7, 11) is 3.79. The van der Waals surface area contributed by atoms with E-state index in [1.54, 1.807) is 52.0 Å². The quantitative estimate of drug-likeness (QED) is 0.368.